The van der Waals surface area contributed by atoms with E-state index in [0.717, 1.165) is 5.20 Å². The molecule has 0 rings (SSSR count). The molecule has 0 atom stereocenters. The van der Waals surface area contributed by atoms with E-state index >= 15 is 0 Å². The molecule has 0 aliphatic rings. The van der Waals surface area contributed by atoms with Gasteiger partial charge in [-0.25, -0.2) is 0 Å². The van der Waals surface area contributed by atoms with Crippen LogP contribution in [0.3, 0.4) is 0 Å². The van der Waals surface area contributed by atoms with Crippen LogP contribution in [0.4, 0.5) is 0 Å². The van der Waals surface area contributed by atoms with Gasteiger partial charge in [-0.2, -0.15) is 0 Å². The van der Waals surface area contributed by atoms with Gasteiger partial charge in [-0.1, -0.05) is 42.8 Å². The van der Waals surface area contributed by atoms with E-state index in [4.69, 9.17) is 0 Å². The summed E-state index contributed by atoms with van der Waals surface area (Å²) < 4.78 is 2.39. The Balaban J connectivity index is 5.59. The summed E-state index contributed by atoms with van der Waals surface area (Å²) in [5, 5.41) is 1.16. The fourth-order valence-electron chi connectivity index (χ4n) is 1.81. The van der Waals surface area contributed by atoms with Crippen molar-refractivity contribution in [1.29, 1.82) is 0 Å². The van der Waals surface area contributed by atoms with Crippen LogP contribution in [0.25, 0.3) is 0 Å². The first-order valence-corrected chi connectivity index (χ1v) is 10.7. The number of hydrogen-bond acceptors (Lipinski definition) is 1. The Morgan fingerprint density at radius 2 is 1.47 bits per heavy atom. The van der Waals surface area contributed by atoms with Crippen LogP contribution in [0.2, 0.25) is 19.6 Å². The molecule has 0 bridgehead atoms. The van der Waals surface area contributed by atoms with Crippen LogP contribution in [0.5, 0.6) is 0 Å². The molecule has 3 heteroatoms. The Hall–Kier alpha value is -0.806. The van der Waals surface area contributed by atoms with E-state index in [1.807, 2.05) is 17.6 Å². The van der Waals surface area contributed by atoms with Crippen molar-refractivity contribution in [1.82, 2.24) is 4.23 Å². The molecule has 0 fully saturated rings. The Labute approximate surface area is 96.7 Å². The summed E-state index contributed by atoms with van der Waals surface area (Å²) in [6.45, 7) is 24.9. The average Bonchev–Trinajstić information content (AvgIpc) is 2.11. The lowest BCUT2D eigenvalue weighted by molar-refractivity contribution is 0.851. The van der Waals surface area contributed by atoms with Crippen molar-refractivity contribution >= 4 is 16.5 Å². The van der Waals surface area contributed by atoms with E-state index in [9.17, 15) is 0 Å². The van der Waals surface area contributed by atoms with Crippen molar-refractivity contribution in [2.75, 3.05) is 0 Å². The van der Waals surface area contributed by atoms with Crippen LogP contribution in [0, 0.1) is 0 Å². The van der Waals surface area contributed by atoms with Gasteiger partial charge < -0.3 is 4.23 Å². The lowest BCUT2D eigenvalue weighted by atomic mass is 10.8. The predicted octanol–water partition coefficient (Wildman–Crippen LogP) is 3.78. The summed E-state index contributed by atoms with van der Waals surface area (Å²) in [6, 6.07) is 0. The summed E-state index contributed by atoms with van der Waals surface area (Å²) in [6.07, 6.45) is 1.94. The summed E-state index contributed by atoms with van der Waals surface area (Å²) in [7, 11) is -3.43. The molecule has 15 heavy (non-hydrogen) atoms. The molecule has 0 unspecified atom stereocenters. The van der Waals surface area contributed by atoms with E-state index < -0.39 is 16.5 Å². The van der Waals surface area contributed by atoms with Crippen molar-refractivity contribution in [3.05, 3.63) is 49.1 Å². The lowest BCUT2D eigenvalue weighted by Crippen LogP contribution is -2.59. The number of nitrogens with zero attached hydrogens (tertiary/aromatic N) is 1. The maximum absolute atomic E-state index is 4.10. The minimum absolute atomic E-state index is 1.16. The lowest BCUT2D eigenvalue weighted by Gasteiger charge is -2.45. The molecule has 1 nitrogen and oxygen atoms in total. The number of hydrogen-bond donors (Lipinski definition) is 0. The van der Waals surface area contributed by atoms with Gasteiger partial charge >= 0.3 is 0 Å². The monoisotopic (exact) mass is 237 g/mol. The number of allylic oxidation sites excluding steroid dienone is 1. The summed E-state index contributed by atoms with van der Waals surface area (Å²) >= 11 is 0. The highest BCUT2D eigenvalue weighted by atomic mass is 28.4. The average molecular weight is 237 g/mol. The first kappa shape index (κ1) is 14.2. The smallest absolute Gasteiger partial charge is 0.223 e. The largest absolute Gasteiger partial charge is 0.421 e. The molecule has 0 heterocycles. The highest BCUT2D eigenvalue weighted by Crippen LogP contribution is 2.27. The summed E-state index contributed by atoms with van der Waals surface area (Å²) in [5.74, 6) is 0. The van der Waals surface area contributed by atoms with E-state index in [1.165, 1.54) is 0 Å². The topological polar surface area (TPSA) is 3.24 Å². The van der Waals surface area contributed by atoms with Crippen LogP contribution in [-0.2, 0) is 0 Å². The number of rotatable bonds is 6. The van der Waals surface area contributed by atoms with Gasteiger partial charge in [0.1, 0.15) is 8.24 Å². The first-order chi connectivity index (χ1) is 6.76. The van der Waals surface area contributed by atoms with Crippen molar-refractivity contribution < 1.29 is 0 Å². The zero-order valence-corrected chi connectivity index (χ0v) is 12.5. The van der Waals surface area contributed by atoms with Gasteiger partial charge in [-0.05, 0) is 13.1 Å². The molecule has 0 aromatic carbocycles. The molecule has 0 saturated heterocycles. The molecule has 0 saturated carbocycles. The van der Waals surface area contributed by atoms with Gasteiger partial charge in [0.2, 0.25) is 8.24 Å². The molecular formula is C12H23NSi2. The fraction of sp³-hybridized carbons (Fsp3) is 0.333. The van der Waals surface area contributed by atoms with Gasteiger partial charge in [-0.3, -0.25) is 0 Å². The maximum Gasteiger partial charge on any atom is 0.223 e. The third-order valence-corrected chi connectivity index (χ3v) is 11.0. The van der Waals surface area contributed by atoms with Crippen LogP contribution in [0.1, 0.15) is 6.92 Å². The zero-order chi connectivity index (χ0) is 12.3. The molecule has 0 radical (unpaired) electrons. The predicted molar refractivity (Wildman–Crippen MR) is 76.3 cm³/mol. The Kier molecular flexibility index (Phi) is 4.55. The van der Waals surface area contributed by atoms with Crippen LogP contribution < -0.4 is 0 Å². The van der Waals surface area contributed by atoms with Crippen molar-refractivity contribution in [2.24, 2.45) is 0 Å². The molecule has 0 aromatic heterocycles. The first-order valence-electron chi connectivity index (χ1n) is 5.11. The van der Waals surface area contributed by atoms with E-state index in [0.29, 0.717) is 0 Å². The molecule has 0 aliphatic carbocycles. The highest BCUT2D eigenvalue weighted by Gasteiger charge is 2.39. The fourth-order valence-corrected chi connectivity index (χ4v) is 9.89. The van der Waals surface area contributed by atoms with Crippen molar-refractivity contribution in [3.63, 3.8) is 0 Å². The second-order valence-electron chi connectivity index (χ2n) is 4.74. The third kappa shape index (κ3) is 2.60. The van der Waals surface area contributed by atoms with Crippen molar-refractivity contribution in [2.45, 2.75) is 26.6 Å². The quantitative estimate of drug-likeness (QED) is 0.636. The normalized spacial score (nSPS) is 11.7. The highest BCUT2D eigenvalue weighted by molar-refractivity contribution is 7.00. The minimum atomic E-state index is -1.98. The van der Waals surface area contributed by atoms with Gasteiger partial charge in [0, 0.05) is 0 Å². The van der Waals surface area contributed by atoms with E-state index in [2.05, 4.69) is 57.1 Å². The van der Waals surface area contributed by atoms with Crippen LogP contribution in [0.15, 0.2) is 49.1 Å². The van der Waals surface area contributed by atoms with Crippen LogP contribution >= 0.6 is 0 Å². The van der Waals surface area contributed by atoms with E-state index in [-0.39, 0.29) is 0 Å². The second kappa shape index (κ2) is 4.81. The summed E-state index contributed by atoms with van der Waals surface area (Å²) in [5.41, 5.74) is 4.06. The van der Waals surface area contributed by atoms with E-state index in [1.54, 1.807) is 0 Å². The van der Waals surface area contributed by atoms with Gasteiger partial charge in [-0.15, -0.1) is 19.7 Å². The molecule has 0 aromatic rings. The molecule has 0 N–H and O–H groups in total. The van der Waals surface area contributed by atoms with Gasteiger partial charge in [0.15, 0.2) is 0 Å². The maximum atomic E-state index is 4.10. The molecule has 0 spiro atoms. The zero-order valence-electron chi connectivity index (χ0n) is 10.5. The molecular weight excluding hydrogens is 214 g/mol. The standard InChI is InChI=1S/C12H23NSi2/c1-9-13(14(6,7)8)15(10-2,11-3)12(4)5/h9-11H,1-4H2,5-8H3. The Morgan fingerprint density at radius 3 is 1.53 bits per heavy atom. The second-order valence-corrected chi connectivity index (χ2v) is 13.8. The van der Waals surface area contributed by atoms with Gasteiger partial charge in [0.05, 0.1) is 0 Å². The third-order valence-electron chi connectivity index (χ3n) is 2.61. The van der Waals surface area contributed by atoms with Crippen LogP contribution in [-0.4, -0.2) is 20.7 Å². The summed E-state index contributed by atoms with van der Waals surface area (Å²) in [4.78, 5) is 0. The minimum Gasteiger partial charge on any atom is -0.421 e. The van der Waals surface area contributed by atoms with Gasteiger partial charge in [0.25, 0.3) is 0 Å². The Morgan fingerprint density at radius 1 is 1.07 bits per heavy atom. The molecule has 84 valence electrons. The Bertz CT molecular complexity index is 278. The molecule has 0 amide bonds. The SMILES string of the molecule is C=CN([Si](C)(C)C)[Si](C=C)(C=C)C(=C)C. The molecule has 0 aliphatic heterocycles. The van der Waals surface area contributed by atoms with Crippen molar-refractivity contribution in [3.8, 4) is 0 Å².